The van der Waals surface area contributed by atoms with Crippen molar-refractivity contribution in [1.29, 1.82) is 0 Å². The Morgan fingerprint density at radius 3 is 2.61 bits per heavy atom. The van der Waals surface area contributed by atoms with Crippen molar-refractivity contribution in [2.75, 3.05) is 59.0 Å². The van der Waals surface area contributed by atoms with Crippen LogP contribution in [0.25, 0.3) is 10.9 Å². The average Bonchev–Trinajstić information content (AvgIpc) is 2.70. The zero-order chi connectivity index (χ0) is 19.5. The number of nitrogens with zero attached hydrogens (tertiary/aromatic N) is 4. The second-order valence-electron chi connectivity index (χ2n) is 7.22. The number of ether oxygens (including phenoxy) is 1. The molecule has 1 N–H and O–H groups in total. The Morgan fingerprint density at radius 1 is 1.11 bits per heavy atom. The highest BCUT2D eigenvalue weighted by molar-refractivity contribution is 6.31. The number of nitrogens with one attached hydrogen (secondary N) is 1. The fraction of sp³-hybridized carbons (Fsp3) is 0.526. The molecule has 8 nitrogen and oxygen atoms in total. The van der Waals surface area contributed by atoms with Gasteiger partial charge in [-0.2, -0.15) is 0 Å². The maximum Gasteiger partial charge on any atom is 0.258 e. The summed E-state index contributed by atoms with van der Waals surface area (Å²) >= 11 is 5.96. The molecule has 0 unspecified atom stereocenters. The largest absolute Gasteiger partial charge is 0.379 e. The molecule has 1 amide bonds. The zero-order valence-corrected chi connectivity index (χ0v) is 16.5. The van der Waals surface area contributed by atoms with Crippen LogP contribution in [0, 0.1) is 0 Å². The van der Waals surface area contributed by atoms with Crippen LogP contribution in [0.3, 0.4) is 0 Å². The third kappa shape index (κ3) is 4.52. The second-order valence-corrected chi connectivity index (χ2v) is 7.66. The first kappa shape index (κ1) is 19.3. The molecule has 0 radical (unpaired) electrons. The van der Waals surface area contributed by atoms with Crippen molar-refractivity contribution < 1.29 is 9.53 Å². The van der Waals surface area contributed by atoms with Crippen molar-refractivity contribution in [2.45, 2.75) is 6.54 Å². The number of fused-ring (bicyclic) bond motifs is 1. The van der Waals surface area contributed by atoms with Gasteiger partial charge in [-0.15, -0.1) is 0 Å². The minimum atomic E-state index is -0.179. The van der Waals surface area contributed by atoms with Crippen LogP contribution >= 0.6 is 11.6 Å². The van der Waals surface area contributed by atoms with E-state index in [1.165, 1.54) is 0 Å². The van der Waals surface area contributed by atoms with E-state index in [1.54, 1.807) is 18.2 Å². The molecule has 2 fully saturated rings. The van der Waals surface area contributed by atoms with E-state index in [4.69, 9.17) is 16.3 Å². The third-order valence-corrected chi connectivity index (χ3v) is 5.51. The molecule has 2 aromatic rings. The average molecular weight is 406 g/mol. The number of carbonyl (C=O) groups excluding carboxylic acids is 1. The Bertz CT molecular complexity index is 904. The number of carbonyl (C=O) groups is 1. The van der Waals surface area contributed by atoms with Gasteiger partial charge in [0, 0.05) is 44.3 Å². The molecule has 0 bridgehead atoms. The standard InChI is InChI=1S/C19H24ClN5O3/c20-14-1-2-16-15(11-14)19(27)22-17(21-16)12-23-3-5-25(6-4-23)18(26)13-24-7-9-28-10-8-24/h1-2,11H,3-10,12-13H2,(H,21,22,27). The number of halogens is 1. The van der Waals surface area contributed by atoms with Crippen molar-refractivity contribution in [1.82, 2.24) is 24.7 Å². The maximum absolute atomic E-state index is 12.5. The van der Waals surface area contributed by atoms with Gasteiger partial charge in [-0.05, 0) is 18.2 Å². The normalized spacial score (nSPS) is 19.2. The summed E-state index contributed by atoms with van der Waals surface area (Å²) < 4.78 is 5.33. The van der Waals surface area contributed by atoms with Gasteiger partial charge in [0.05, 0.1) is 37.2 Å². The highest BCUT2D eigenvalue weighted by Crippen LogP contribution is 2.15. The molecule has 0 atom stereocenters. The van der Waals surface area contributed by atoms with E-state index in [0.717, 1.165) is 26.2 Å². The lowest BCUT2D eigenvalue weighted by Crippen LogP contribution is -2.52. The Labute approximate surface area is 168 Å². The molecule has 4 rings (SSSR count). The molecular formula is C19H24ClN5O3. The summed E-state index contributed by atoms with van der Waals surface area (Å²) in [4.78, 5) is 38.5. The molecule has 2 saturated heterocycles. The summed E-state index contributed by atoms with van der Waals surface area (Å²) in [6.45, 7) is 6.96. The van der Waals surface area contributed by atoms with E-state index in [-0.39, 0.29) is 11.5 Å². The Kier molecular flexibility index (Phi) is 5.91. The zero-order valence-electron chi connectivity index (χ0n) is 15.7. The number of piperazine rings is 1. The molecule has 2 aliphatic rings. The lowest BCUT2D eigenvalue weighted by atomic mass is 10.2. The molecule has 1 aromatic heterocycles. The summed E-state index contributed by atoms with van der Waals surface area (Å²) in [5, 5.41) is 1.01. The predicted octanol–water partition coefficient (Wildman–Crippen LogP) is 0.553. The number of rotatable bonds is 4. The van der Waals surface area contributed by atoms with Gasteiger partial charge in [0.1, 0.15) is 5.82 Å². The van der Waals surface area contributed by atoms with Crippen LogP contribution in [0.1, 0.15) is 5.82 Å². The molecule has 0 aliphatic carbocycles. The first-order valence-corrected chi connectivity index (χ1v) is 9.95. The van der Waals surface area contributed by atoms with Crippen LogP contribution in [0.5, 0.6) is 0 Å². The van der Waals surface area contributed by atoms with E-state index >= 15 is 0 Å². The number of hydrogen-bond donors (Lipinski definition) is 1. The fourth-order valence-corrected chi connectivity index (χ4v) is 3.82. The lowest BCUT2D eigenvalue weighted by Gasteiger charge is -2.36. The van der Waals surface area contributed by atoms with E-state index in [1.807, 2.05) is 4.90 Å². The highest BCUT2D eigenvalue weighted by Gasteiger charge is 2.24. The van der Waals surface area contributed by atoms with Crippen LogP contribution in [0.2, 0.25) is 5.02 Å². The van der Waals surface area contributed by atoms with Gasteiger partial charge in [-0.3, -0.25) is 19.4 Å². The fourth-order valence-electron chi connectivity index (χ4n) is 3.65. The van der Waals surface area contributed by atoms with Crippen LogP contribution in [-0.2, 0) is 16.1 Å². The second kappa shape index (κ2) is 8.57. The number of aromatic nitrogens is 2. The minimum absolute atomic E-state index is 0.177. The van der Waals surface area contributed by atoms with Crippen LogP contribution in [0.4, 0.5) is 0 Å². The van der Waals surface area contributed by atoms with Crippen LogP contribution in [0.15, 0.2) is 23.0 Å². The van der Waals surface area contributed by atoms with Crippen LogP contribution in [-0.4, -0.2) is 89.6 Å². The van der Waals surface area contributed by atoms with E-state index < -0.39 is 0 Å². The molecule has 3 heterocycles. The summed E-state index contributed by atoms with van der Waals surface area (Å²) in [6.07, 6.45) is 0. The van der Waals surface area contributed by atoms with Crippen molar-refractivity contribution in [2.24, 2.45) is 0 Å². The van der Waals surface area contributed by atoms with Gasteiger partial charge in [0.2, 0.25) is 5.91 Å². The Morgan fingerprint density at radius 2 is 1.86 bits per heavy atom. The number of amides is 1. The van der Waals surface area contributed by atoms with Gasteiger partial charge >= 0.3 is 0 Å². The predicted molar refractivity (Wildman–Crippen MR) is 106 cm³/mol. The molecule has 150 valence electrons. The highest BCUT2D eigenvalue weighted by atomic mass is 35.5. The summed E-state index contributed by atoms with van der Waals surface area (Å²) in [6, 6.07) is 5.13. The molecule has 0 saturated carbocycles. The summed E-state index contributed by atoms with van der Waals surface area (Å²) in [5.74, 6) is 0.809. The van der Waals surface area contributed by atoms with Gasteiger partial charge in [0.15, 0.2) is 0 Å². The van der Waals surface area contributed by atoms with Crippen molar-refractivity contribution >= 4 is 28.4 Å². The van der Waals surface area contributed by atoms with Gasteiger partial charge < -0.3 is 14.6 Å². The molecule has 28 heavy (non-hydrogen) atoms. The number of morpholine rings is 1. The van der Waals surface area contributed by atoms with E-state index in [9.17, 15) is 9.59 Å². The molecule has 0 spiro atoms. The number of benzene rings is 1. The Hall–Kier alpha value is -2.00. The molecule has 1 aromatic carbocycles. The SMILES string of the molecule is O=C(CN1CCOCC1)N1CCN(Cc2nc3ccc(Cl)cc3c(=O)[nH]2)CC1. The lowest BCUT2D eigenvalue weighted by molar-refractivity contribution is -0.135. The number of H-pyrrole nitrogens is 1. The van der Waals surface area contributed by atoms with Gasteiger partial charge in [-0.25, -0.2) is 4.98 Å². The third-order valence-electron chi connectivity index (χ3n) is 5.28. The van der Waals surface area contributed by atoms with Gasteiger partial charge in [0.25, 0.3) is 5.56 Å². The topological polar surface area (TPSA) is 81.8 Å². The number of hydrogen-bond acceptors (Lipinski definition) is 6. The minimum Gasteiger partial charge on any atom is -0.379 e. The molecule has 9 heteroatoms. The van der Waals surface area contributed by atoms with E-state index in [2.05, 4.69) is 19.8 Å². The quantitative estimate of drug-likeness (QED) is 0.800. The van der Waals surface area contributed by atoms with Crippen molar-refractivity contribution in [3.05, 3.63) is 39.4 Å². The number of aromatic amines is 1. The first-order chi connectivity index (χ1) is 13.6. The smallest absolute Gasteiger partial charge is 0.258 e. The van der Waals surface area contributed by atoms with E-state index in [0.29, 0.717) is 61.1 Å². The monoisotopic (exact) mass is 405 g/mol. The molecular weight excluding hydrogens is 382 g/mol. The Balaban J connectivity index is 1.33. The first-order valence-electron chi connectivity index (χ1n) is 9.57. The van der Waals surface area contributed by atoms with Crippen molar-refractivity contribution in [3.63, 3.8) is 0 Å². The maximum atomic E-state index is 12.5. The summed E-state index contributed by atoms with van der Waals surface area (Å²) in [7, 11) is 0. The summed E-state index contributed by atoms with van der Waals surface area (Å²) in [5.41, 5.74) is 0.462. The van der Waals surface area contributed by atoms with Crippen LogP contribution < -0.4 is 5.56 Å². The van der Waals surface area contributed by atoms with Gasteiger partial charge in [-0.1, -0.05) is 11.6 Å². The molecule has 2 aliphatic heterocycles. The van der Waals surface area contributed by atoms with Crippen molar-refractivity contribution in [3.8, 4) is 0 Å².